The lowest BCUT2D eigenvalue weighted by Gasteiger charge is -2.11. The Balaban J connectivity index is 3.20. The first-order valence-electron chi connectivity index (χ1n) is 4.67. The molecule has 0 radical (unpaired) electrons. The van der Waals surface area contributed by atoms with Crippen molar-refractivity contribution in [1.29, 1.82) is 0 Å². The molecular weight excluding hydrogens is 194 g/mol. The van der Waals surface area contributed by atoms with Crippen LogP contribution in [0.15, 0.2) is 12.1 Å². The number of benzene rings is 1. The first kappa shape index (κ1) is 11.5. The Morgan fingerprint density at radius 2 is 1.87 bits per heavy atom. The average molecular weight is 209 g/mol. The van der Waals surface area contributed by atoms with Gasteiger partial charge in [-0.1, -0.05) is 0 Å². The van der Waals surface area contributed by atoms with Gasteiger partial charge in [0.15, 0.2) is 11.5 Å². The first-order chi connectivity index (χ1) is 7.26. The summed E-state index contributed by atoms with van der Waals surface area (Å²) in [6.07, 6.45) is 1.45. The van der Waals surface area contributed by atoms with Gasteiger partial charge in [-0.25, -0.2) is 0 Å². The summed E-state index contributed by atoms with van der Waals surface area (Å²) in [5, 5.41) is 0. The molecule has 0 saturated heterocycles. The summed E-state index contributed by atoms with van der Waals surface area (Å²) in [4.78, 5) is 10.8. The van der Waals surface area contributed by atoms with Gasteiger partial charge in [-0.3, -0.25) is 4.79 Å². The monoisotopic (exact) mass is 209 g/mol. The van der Waals surface area contributed by atoms with Crippen molar-refractivity contribution < 1.29 is 14.3 Å². The number of aldehydes is 1. The SMILES string of the molecule is COc1cc(C=O)c(CCN)cc1OC. The first-order valence-corrected chi connectivity index (χ1v) is 4.67. The fourth-order valence-corrected chi connectivity index (χ4v) is 1.42. The van der Waals surface area contributed by atoms with E-state index in [0.29, 0.717) is 30.0 Å². The van der Waals surface area contributed by atoms with Crippen LogP contribution in [0.5, 0.6) is 11.5 Å². The van der Waals surface area contributed by atoms with Gasteiger partial charge >= 0.3 is 0 Å². The van der Waals surface area contributed by atoms with Crippen LogP contribution in [0, 0.1) is 0 Å². The summed E-state index contributed by atoms with van der Waals surface area (Å²) >= 11 is 0. The average Bonchev–Trinajstić information content (AvgIpc) is 2.28. The van der Waals surface area contributed by atoms with E-state index in [1.807, 2.05) is 0 Å². The van der Waals surface area contributed by atoms with Crippen molar-refractivity contribution in [3.63, 3.8) is 0 Å². The maximum absolute atomic E-state index is 10.8. The highest BCUT2D eigenvalue weighted by atomic mass is 16.5. The fourth-order valence-electron chi connectivity index (χ4n) is 1.42. The number of hydrogen-bond acceptors (Lipinski definition) is 4. The molecule has 4 heteroatoms. The van der Waals surface area contributed by atoms with Crippen LogP contribution < -0.4 is 15.2 Å². The molecule has 0 spiro atoms. The van der Waals surface area contributed by atoms with Crippen LogP contribution in [0.2, 0.25) is 0 Å². The van der Waals surface area contributed by atoms with Gasteiger partial charge < -0.3 is 15.2 Å². The molecule has 0 aromatic heterocycles. The third kappa shape index (κ3) is 2.47. The Hall–Kier alpha value is -1.55. The lowest BCUT2D eigenvalue weighted by Crippen LogP contribution is -2.06. The number of nitrogens with two attached hydrogens (primary N) is 1. The zero-order valence-electron chi connectivity index (χ0n) is 8.95. The number of carbonyl (C=O) groups is 1. The number of hydrogen-bond donors (Lipinski definition) is 1. The highest BCUT2D eigenvalue weighted by Gasteiger charge is 2.09. The summed E-state index contributed by atoms with van der Waals surface area (Å²) in [5.41, 5.74) is 6.93. The van der Waals surface area contributed by atoms with Gasteiger partial charge in [-0.2, -0.15) is 0 Å². The highest BCUT2D eigenvalue weighted by Crippen LogP contribution is 2.29. The van der Waals surface area contributed by atoms with Gasteiger partial charge in [0.25, 0.3) is 0 Å². The third-order valence-electron chi connectivity index (χ3n) is 2.19. The second kappa shape index (κ2) is 5.36. The number of rotatable bonds is 5. The molecule has 0 fully saturated rings. The highest BCUT2D eigenvalue weighted by molar-refractivity contribution is 5.79. The van der Waals surface area contributed by atoms with Crippen molar-refractivity contribution in [3.8, 4) is 11.5 Å². The summed E-state index contributed by atoms with van der Waals surface area (Å²) < 4.78 is 10.2. The van der Waals surface area contributed by atoms with Crippen molar-refractivity contribution in [1.82, 2.24) is 0 Å². The predicted octanol–water partition coefficient (Wildman–Crippen LogP) is 1.02. The van der Waals surface area contributed by atoms with Crippen molar-refractivity contribution in [2.24, 2.45) is 5.73 Å². The molecule has 15 heavy (non-hydrogen) atoms. The van der Waals surface area contributed by atoms with E-state index in [-0.39, 0.29) is 0 Å². The number of ether oxygens (including phenoxy) is 2. The molecule has 4 nitrogen and oxygen atoms in total. The second-order valence-corrected chi connectivity index (χ2v) is 3.06. The minimum Gasteiger partial charge on any atom is -0.493 e. The molecule has 0 aliphatic carbocycles. The Morgan fingerprint density at radius 3 is 2.33 bits per heavy atom. The fraction of sp³-hybridized carbons (Fsp3) is 0.364. The molecule has 0 unspecified atom stereocenters. The van der Waals surface area contributed by atoms with E-state index < -0.39 is 0 Å². The van der Waals surface area contributed by atoms with E-state index in [2.05, 4.69) is 0 Å². The second-order valence-electron chi connectivity index (χ2n) is 3.06. The van der Waals surface area contributed by atoms with Crippen molar-refractivity contribution >= 4 is 6.29 Å². The zero-order chi connectivity index (χ0) is 11.3. The molecule has 2 N–H and O–H groups in total. The Kier molecular flexibility index (Phi) is 4.12. The van der Waals surface area contributed by atoms with Crippen LogP contribution in [0.25, 0.3) is 0 Å². The minimum atomic E-state index is 0.496. The molecule has 0 heterocycles. The maximum Gasteiger partial charge on any atom is 0.161 e. The number of methoxy groups -OCH3 is 2. The van der Waals surface area contributed by atoms with Crippen LogP contribution in [0.4, 0.5) is 0 Å². The molecule has 0 bridgehead atoms. The quantitative estimate of drug-likeness (QED) is 0.735. The van der Waals surface area contributed by atoms with Gasteiger partial charge in [-0.05, 0) is 30.7 Å². The normalized spacial score (nSPS) is 9.80. The van der Waals surface area contributed by atoms with Gasteiger partial charge in [0, 0.05) is 5.56 Å². The standard InChI is InChI=1S/C11H15NO3/c1-14-10-5-8(3-4-12)9(7-13)6-11(10)15-2/h5-7H,3-4,12H2,1-2H3. The van der Waals surface area contributed by atoms with E-state index in [1.165, 1.54) is 7.11 Å². The van der Waals surface area contributed by atoms with Crippen LogP contribution in [0.3, 0.4) is 0 Å². The van der Waals surface area contributed by atoms with Crippen molar-refractivity contribution in [2.75, 3.05) is 20.8 Å². The van der Waals surface area contributed by atoms with Crippen LogP contribution in [-0.4, -0.2) is 27.1 Å². The molecule has 82 valence electrons. The molecule has 1 rings (SSSR count). The van der Waals surface area contributed by atoms with Crippen molar-refractivity contribution in [3.05, 3.63) is 23.3 Å². The molecule has 0 aliphatic rings. The summed E-state index contributed by atoms with van der Waals surface area (Å²) in [6.45, 7) is 0.496. The van der Waals surface area contributed by atoms with Crippen LogP contribution >= 0.6 is 0 Å². The lowest BCUT2D eigenvalue weighted by atomic mass is 10.0. The zero-order valence-corrected chi connectivity index (χ0v) is 8.95. The van der Waals surface area contributed by atoms with Crippen LogP contribution in [-0.2, 0) is 6.42 Å². The van der Waals surface area contributed by atoms with Gasteiger partial charge in [0.1, 0.15) is 6.29 Å². The molecule has 0 atom stereocenters. The van der Waals surface area contributed by atoms with Gasteiger partial charge in [0.2, 0.25) is 0 Å². The molecular formula is C11H15NO3. The van der Waals surface area contributed by atoms with Crippen molar-refractivity contribution in [2.45, 2.75) is 6.42 Å². The van der Waals surface area contributed by atoms with E-state index in [4.69, 9.17) is 15.2 Å². The third-order valence-corrected chi connectivity index (χ3v) is 2.19. The smallest absolute Gasteiger partial charge is 0.161 e. The lowest BCUT2D eigenvalue weighted by molar-refractivity contribution is 0.112. The maximum atomic E-state index is 10.8. The van der Waals surface area contributed by atoms with E-state index in [0.717, 1.165) is 11.8 Å². The van der Waals surface area contributed by atoms with Gasteiger partial charge in [-0.15, -0.1) is 0 Å². The molecule has 0 amide bonds. The Labute approximate surface area is 89.0 Å². The Morgan fingerprint density at radius 1 is 1.27 bits per heavy atom. The van der Waals surface area contributed by atoms with E-state index in [1.54, 1.807) is 19.2 Å². The molecule has 0 saturated carbocycles. The molecule has 1 aromatic rings. The van der Waals surface area contributed by atoms with E-state index >= 15 is 0 Å². The minimum absolute atomic E-state index is 0.496. The Bertz CT molecular complexity index is 350. The van der Waals surface area contributed by atoms with E-state index in [9.17, 15) is 4.79 Å². The number of carbonyl (C=O) groups excluding carboxylic acids is 1. The van der Waals surface area contributed by atoms with Gasteiger partial charge in [0.05, 0.1) is 14.2 Å². The predicted molar refractivity (Wildman–Crippen MR) is 57.7 cm³/mol. The summed E-state index contributed by atoms with van der Waals surface area (Å²) in [6, 6.07) is 3.45. The van der Waals surface area contributed by atoms with Crippen LogP contribution in [0.1, 0.15) is 15.9 Å². The summed E-state index contributed by atoms with van der Waals surface area (Å²) in [5.74, 6) is 1.17. The largest absolute Gasteiger partial charge is 0.493 e. The topological polar surface area (TPSA) is 61.5 Å². The summed E-state index contributed by atoms with van der Waals surface area (Å²) in [7, 11) is 3.10. The molecule has 1 aromatic carbocycles. The molecule has 0 aliphatic heterocycles.